The molecule has 2 fully saturated rings. The van der Waals surface area contributed by atoms with Gasteiger partial charge in [0.25, 0.3) is 5.91 Å². The number of aromatic nitrogens is 2. The first kappa shape index (κ1) is 21.5. The molecular weight excluding hydrogens is 417 g/mol. The zero-order chi connectivity index (χ0) is 22.1. The van der Waals surface area contributed by atoms with Gasteiger partial charge in [-0.3, -0.25) is 4.79 Å². The number of amides is 1. The van der Waals surface area contributed by atoms with Crippen molar-refractivity contribution in [3.05, 3.63) is 34.9 Å². The summed E-state index contributed by atoms with van der Waals surface area (Å²) in [5, 5.41) is 9.97. The molecule has 0 N–H and O–H groups in total. The van der Waals surface area contributed by atoms with E-state index in [1.807, 2.05) is 11.0 Å². The van der Waals surface area contributed by atoms with Crippen molar-refractivity contribution in [1.29, 1.82) is 5.26 Å². The van der Waals surface area contributed by atoms with Crippen LogP contribution in [0.4, 0.5) is 9.52 Å². The van der Waals surface area contributed by atoms with Crippen molar-refractivity contribution in [2.24, 2.45) is 0 Å². The number of rotatable bonds is 5. The summed E-state index contributed by atoms with van der Waals surface area (Å²) >= 11 is 1.43. The minimum atomic E-state index is -0.684. The highest BCUT2D eigenvalue weighted by Gasteiger charge is 2.39. The molecule has 9 heteroatoms. The third-order valence-corrected chi connectivity index (χ3v) is 6.77. The topological polar surface area (TPSA) is 82.3 Å². The molecule has 1 aromatic carbocycles. The molecule has 1 aromatic heterocycles. The summed E-state index contributed by atoms with van der Waals surface area (Å²) in [5.74, 6) is 0.523. The van der Waals surface area contributed by atoms with E-state index < -0.39 is 11.9 Å². The van der Waals surface area contributed by atoms with E-state index in [0.717, 1.165) is 43.0 Å². The number of benzene rings is 1. The number of halogens is 1. The molecule has 3 heterocycles. The maximum Gasteiger partial charge on any atom is 0.263 e. The maximum absolute atomic E-state index is 14.3. The van der Waals surface area contributed by atoms with Crippen LogP contribution in [0.15, 0.2) is 12.1 Å². The largest absolute Gasteiger partial charge is 0.477 e. The second-order valence-electron chi connectivity index (χ2n) is 8.44. The fourth-order valence-corrected chi connectivity index (χ4v) is 4.98. The van der Waals surface area contributed by atoms with E-state index in [-0.39, 0.29) is 23.3 Å². The number of carbonyl (C=O) groups excluding carboxylic acids is 1. The Hall–Kier alpha value is -2.73. The zero-order valence-electron chi connectivity index (χ0n) is 18.0. The molecule has 0 radical (unpaired) electrons. The van der Waals surface area contributed by atoms with Gasteiger partial charge >= 0.3 is 0 Å². The van der Waals surface area contributed by atoms with Crippen molar-refractivity contribution < 1.29 is 13.9 Å². The SMILES string of the molecule is Cc1cc(O[C@H]2CCN(C3CCN(c4nc(C(C)C)ns4)CC3)C2=O)c(F)cc1C#N. The molecule has 0 aliphatic carbocycles. The van der Waals surface area contributed by atoms with Crippen molar-refractivity contribution in [3.63, 3.8) is 0 Å². The van der Waals surface area contributed by atoms with Crippen LogP contribution in [0.25, 0.3) is 0 Å². The van der Waals surface area contributed by atoms with Gasteiger partial charge in [-0.1, -0.05) is 13.8 Å². The maximum atomic E-state index is 14.3. The number of piperidine rings is 1. The summed E-state index contributed by atoms with van der Waals surface area (Å²) in [6.45, 7) is 8.17. The lowest BCUT2D eigenvalue weighted by molar-refractivity contribution is -0.135. The Balaban J connectivity index is 1.36. The predicted molar refractivity (Wildman–Crippen MR) is 116 cm³/mol. The van der Waals surface area contributed by atoms with Crippen molar-refractivity contribution in [1.82, 2.24) is 14.3 Å². The third kappa shape index (κ3) is 4.35. The highest BCUT2D eigenvalue weighted by atomic mass is 32.1. The van der Waals surface area contributed by atoms with Crippen LogP contribution in [-0.4, -0.2) is 51.9 Å². The number of ether oxygens (including phenoxy) is 1. The normalized spacial score (nSPS) is 19.9. The van der Waals surface area contributed by atoms with Gasteiger partial charge in [0.05, 0.1) is 11.6 Å². The Morgan fingerprint density at radius 1 is 1.26 bits per heavy atom. The monoisotopic (exact) mass is 443 g/mol. The van der Waals surface area contributed by atoms with Crippen LogP contribution in [-0.2, 0) is 4.79 Å². The zero-order valence-corrected chi connectivity index (χ0v) is 18.8. The fourth-order valence-electron chi connectivity index (χ4n) is 4.12. The first-order chi connectivity index (χ1) is 14.9. The number of anilines is 1. The Morgan fingerprint density at radius 3 is 2.65 bits per heavy atom. The van der Waals surface area contributed by atoms with Crippen molar-refractivity contribution in [2.45, 2.75) is 58.1 Å². The smallest absolute Gasteiger partial charge is 0.263 e. The fraction of sp³-hybridized carbons (Fsp3) is 0.545. The van der Waals surface area contributed by atoms with Gasteiger partial charge in [0.15, 0.2) is 17.7 Å². The molecule has 0 spiro atoms. The van der Waals surface area contributed by atoms with E-state index in [2.05, 4.69) is 28.1 Å². The molecule has 0 bridgehead atoms. The van der Waals surface area contributed by atoms with Crippen LogP contribution < -0.4 is 9.64 Å². The molecule has 164 valence electrons. The van der Waals surface area contributed by atoms with Crippen LogP contribution in [0.2, 0.25) is 0 Å². The molecule has 1 atom stereocenters. The van der Waals surface area contributed by atoms with Gasteiger partial charge in [0.2, 0.25) is 5.13 Å². The van der Waals surface area contributed by atoms with E-state index in [1.165, 1.54) is 17.6 Å². The first-order valence-corrected chi connectivity index (χ1v) is 11.4. The third-order valence-electron chi connectivity index (χ3n) is 5.98. The van der Waals surface area contributed by atoms with Gasteiger partial charge in [0, 0.05) is 49.5 Å². The number of hydrogen-bond acceptors (Lipinski definition) is 7. The Kier molecular flexibility index (Phi) is 6.10. The van der Waals surface area contributed by atoms with Gasteiger partial charge in [0.1, 0.15) is 5.82 Å². The Labute approximate surface area is 185 Å². The lowest BCUT2D eigenvalue weighted by Crippen LogP contribution is -2.47. The summed E-state index contributed by atoms with van der Waals surface area (Å²) in [6.07, 6.45) is 1.57. The Morgan fingerprint density at radius 2 is 2.00 bits per heavy atom. The van der Waals surface area contributed by atoms with Crippen LogP contribution in [0, 0.1) is 24.1 Å². The standard InChI is InChI=1S/C22H26FN5O2S/c1-13(2)20-25-22(31-26-20)27-7-4-16(5-8-27)28-9-6-18(21(28)29)30-19-10-14(3)15(12-24)11-17(19)23/h10-11,13,16,18H,4-9H2,1-3H3/t18-/m0/s1. The van der Waals surface area contributed by atoms with Gasteiger partial charge in [-0.15, -0.1) is 0 Å². The molecule has 0 unspecified atom stereocenters. The van der Waals surface area contributed by atoms with Crippen molar-refractivity contribution >= 4 is 22.6 Å². The Bertz CT molecular complexity index is 1010. The van der Waals surface area contributed by atoms with Crippen molar-refractivity contribution in [3.8, 4) is 11.8 Å². The summed E-state index contributed by atoms with van der Waals surface area (Å²) < 4.78 is 24.5. The summed E-state index contributed by atoms with van der Waals surface area (Å²) in [6, 6.07) is 4.77. The van der Waals surface area contributed by atoms with E-state index in [4.69, 9.17) is 10.00 Å². The molecule has 7 nitrogen and oxygen atoms in total. The molecule has 4 rings (SSSR count). The van der Waals surface area contributed by atoms with Crippen LogP contribution >= 0.6 is 11.5 Å². The van der Waals surface area contributed by atoms with Gasteiger partial charge in [-0.2, -0.15) is 9.64 Å². The minimum Gasteiger partial charge on any atom is -0.477 e. The van der Waals surface area contributed by atoms with E-state index in [0.29, 0.717) is 24.4 Å². The van der Waals surface area contributed by atoms with Crippen LogP contribution in [0.1, 0.15) is 56.0 Å². The predicted octanol–water partition coefficient (Wildman–Crippen LogP) is 3.63. The number of hydrogen-bond donors (Lipinski definition) is 0. The number of carbonyl (C=O) groups is 1. The lowest BCUT2D eigenvalue weighted by atomic mass is 10.0. The number of nitrogens with zero attached hydrogens (tertiary/aromatic N) is 5. The number of aryl methyl sites for hydroxylation is 1. The van der Waals surface area contributed by atoms with Gasteiger partial charge in [-0.05, 0) is 37.5 Å². The summed E-state index contributed by atoms with van der Waals surface area (Å²) in [7, 11) is 0. The van der Waals surface area contributed by atoms with Gasteiger partial charge < -0.3 is 14.5 Å². The average molecular weight is 444 g/mol. The molecule has 0 saturated carbocycles. The van der Waals surface area contributed by atoms with Crippen LogP contribution in [0.5, 0.6) is 5.75 Å². The molecule has 2 aliphatic heterocycles. The highest BCUT2D eigenvalue weighted by molar-refractivity contribution is 7.09. The summed E-state index contributed by atoms with van der Waals surface area (Å²) in [4.78, 5) is 21.7. The van der Waals surface area contributed by atoms with E-state index in [1.54, 1.807) is 6.92 Å². The molecule has 31 heavy (non-hydrogen) atoms. The quantitative estimate of drug-likeness (QED) is 0.702. The lowest BCUT2D eigenvalue weighted by Gasteiger charge is -2.36. The number of likely N-dealkylation sites (tertiary alicyclic amines) is 1. The minimum absolute atomic E-state index is 0.0312. The van der Waals surface area contributed by atoms with Crippen molar-refractivity contribution in [2.75, 3.05) is 24.5 Å². The van der Waals surface area contributed by atoms with E-state index in [9.17, 15) is 9.18 Å². The molecular formula is C22H26FN5O2S. The average Bonchev–Trinajstić information content (AvgIpc) is 3.38. The van der Waals surface area contributed by atoms with Gasteiger partial charge in [-0.25, -0.2) is 9.37 Å². The first-order valence-electron chi connectivity index (χ1n) is 10.6. The molecule has 2 aliphatic rings. The molecule has 2 saturated heterocycles. The highest BCUT2D eigenvalue weighted by Crippen LogP contribution is 2.30. The molecule has 2 aromatic rings. The van der Waals surface area contributed by atoms with E-state index >= 15 is 0 Å². The second-order valence-corrected chi connectivity index (χ2v) is 9.17. The number of nitriles is 1. The summed E-state index contributed by atoms with van der Waals surface area (Å²) in [5.41, 5.74) is 0.901. The molecule has 1 amide bonds. The second kappa shape index (κ2) is 8.79. The van der Waals surface area contributed by atoms with Crippen LogP contribution in [0.3, 0.4) is 0 Å².